The number of amides is 1. The van der Waals surface area contributed by atoms with Gasteiger partial charge in [0.1, 0.15) is 5.69 Å². The molecule has 1 aromatic rings. The molecule has 2 rings (SSSR count). The van der Waals surface area contributed by atoms with Gasteiger partial charge in [-0.05, 0) is 38.7 Å². The third kappa shape index (κ3) is 3.84. The van der Waals surface area contributed by atoms with Gasteiger partial charge in [0.25, 0.3) is 5.91 Å². The second kappa shape index (κ2) is 7.07. The van der Waals surface area contributed by atoms with Gasteiger partial charge in [-0.2, -0.15) is 5.10 Å². The van der Waals surface area contributed by atoms with E-state index in [0.29, 0.717) is 12.1 Å². The number of rotatable bonds is 4. The summed E-state index contributed by atoms with van der Waals surface area (Å²) in [6, 6.07) is 2.03. The van der Waals surface area contributed by atoms with E-state index in [-0.39, 0.29) is 18.1 Å². The average Bonchev–Trinajstić information content (AvgIpc) is 2.66. The Kier molecular flexibility index (Phi) is 5.39. The van der Waals surface area contributed by atoms with Crippen molar-refractivity contribution in [3.8, 4) is 0 Å². The van der Waals surface area contributed by atoms with Gasteiger partial charge in [0.15, 0.2) is 0 Å². The molecule has 0 bridgehead atoms. The summed E-state index contributed by atoms with van der Waals surface area (Å²) in [6.45, 7) is 4.62. The minimum atomic E-state index is -0.374. The molecule has 5 heteroatoms. The van der Waals surface area contributed by atoms with E-state index >= 15 is 0 Å². The largest absolute Gasteiger partial charge is 0.393 e. The number of nitrogens with zero attached hydrogens (tertiary/aromatic N) is 3. The van der Waals surface area contributed by atoms with E-state index in [1.807, 2.05) is 24.9 Å². The van der Waals surface area contributed by atoms with E-state index in [2.05, 4.69) is 5.10 Å². The normalized spacial score (nSPS) is 21.1. The fourth-order valence-electron chi connectivity index (χ4n) is 3.13. The van der Waals surface area contributed by atoms with Crippen LogP contribution in [-0.2, 0) is 13.5 Å². The number of aromatic nitrogens is 2. The molecule has 1 N–H and O–H groups in total. The first-order chi connectivity index (χ1) is 10.0. The Balaban J connectivity index is 2.21. The maximum absolute atomic E-state index is 12.9. The molecule has 1 aliphatic heterocycles. The zero-order valence-corrected chi connectivity index (χ0v) is 13.4. The molecule has 0 aliphatic carbocycles. The summed E-state index contributed by atoms with van der Waals surface area (Å²) in [7, 11) is 1.83. The van der Waals surface area contributed by atoms with Gasteiger partial charge in [-0.1, -0.05) is 19.8 Å². The maximum Gasteiger partial charge on any atom is 0.272 e. The van der Waals surface area contributed by atoms with Crippen LogP contribution in [0.1, 0.15) is 62.1 Å². The molecule has 0 aromatic carbocycles. The van der Waals surface area contributed by atoms with Gasteiger partial charge < -0.3 is 10.0 Å². The Morgan fingerprint density at radius 2 is 2.24 bits per heavy atom. The van der Waals surface area contributed by atoms with Gasteiger partial charge in [0.05, 0.1) is 11.8 Å². The topological polar surface area (TPSA) is 58.4 Å². The molecular formula is C16H27N3O2. The number of carbonyl (C=O) groups excluding carboxylic acids is 1. The quantitative estimate of drug-likeness (QED) is 0.925. The van der Waals surface area contributed by atoms with Crippen molar-refractivity contribution in [2.75, 3.05) is 6.54 Å². The maximum atomic E-state index is 12.9. The molecule has 2 heterocycles. The summed E-state index contributed by atoms with van der Waals surface area (Å²) in [5.74, 6) is 0.0530. The summed E-state index contributed by atoms with van der Waals surface area (Å²) in [4.78, 5) is 14.8. The second-order valence-corrected chi connectivity index (χ2v) is 6.08. The number of carbonyl (C=O) groups is 1. The van der Waals surface area contributed by atoms with Crippen LogP contribution in [0.5, 0.6) is 0 Å². The highest BCUT2D eigenvalue weighted by Crippen LogP contribution is 2.23. The lowest BCUT2D eigenvalue weighted by atomic mass is 10.0. The minimum Gasteiger partial charge on any atom is -0.393 e. The van der Waals surface area contributed by atoms with Gasteiger partial charge in [-0.15, -0.1) is 0 Å². The Hall–Kier alpha value is -1.36. The van der Waals surface area contributed by atoms with E-state index in [4.69, 9.17) is 0 Å². The molecular weight excluding hydrogens is 266 g/mol. The van der Waals surface area contributed by atoms with Crippen molar-refractivity contribution >= 4 is 5.91 Å². The SMILES string of the molecule is CCc1cc(C(=O)N2CCCCCC2CC(C)O)n(C)n1. The first-order valence-electron chi connectivity index (χ1n) is 8.04. The van der Waals surface area contributed by atoms with Crippen molar-refractivity contribution < 1.29 is 9.90 Å². The molecule has 2 unspecified atom stereocenters. The predicted octanol–water partition coefficient (Wildman–Crippen LogP) is 2.14. The number of aryl methyl sites for hydroxylation is 2. The number of hydrogen-bond acceptors (Lipinski definition) is 3. The molecule has 2 atom stereocenters. The van der Waals surface area contributed by atoms with Gasteiger partial charge in [-0.3, -0.25) is 9.48 Å². The predicted molar refractivity (Wildman–Crippen MR) is 82.2 cm³/mol. The summed E-state index contributed by atoms with van der Waals surface area (Å²) >= 11 is 0. The molecule has 1 aliphatic rings. The van der Waals surface area contributed by atoms with E-state index in [9.17, 15) is 9.90 Å². The molecule has 21 heavy (non-hydrogen) atoms. The van der Waals surface area contributed by atoms with Crippen LogP contribution >= 0.6 is 0 Å². The summed E-state index contributed by atoms with van der Waals surface area (Å²) in [5, 5.41) is 14.1. The standard InChI is InChI=1S/C16H27N3O2/c1-4-13-11-15(18(3)17-13)16(21)19-9-7-5-6-8-14(19)10-12(2)20/h11-12,14,20H,4-10H2,1-3H3. The fourth-order valence-corrected chi connectivity index (χ4v) is 3.13. The molecule has 0 saturated carbocycles. The molecule has 1 saturated heterocycles. The Morgan fingerprint density at radius 1 is 1.48 bits per heavy atom. The average molecular weight is 293 g/mol. The lowest BCUT2D eigenvalue weighted by Gasteiger charge is -2.31. The number of aliphatic hydroxyl groups is 1. The monoisotopic (exact) mass is 293 g/mol. The van der Waals surface area contributed by atoms with Crippen molar-refractivity contribution in [1.82, 2.24) is 14.7 Å². The van der Waals surface area contributed by atoms with Crippen LogP contribution in [0.25, 0.3) is 0 Å². The van der Waals surface area contributed by atoms with Crippen LogP contribution in [-0.4, -0.2) is 44.4 Å². The van der Waals surface area contributed by atoms with E-state index in [1.165, 1.54) is 0 Å². The van der Waals surface area contributed by atoms with Crippen LogP contribution in [0.4, 0.5) is 0 Å². The van der Waals surface area contributed by atoms with Gasteiger partial charge in [0, 0.05) is 19.6 Å². The second-order valence-electron chi connectivity index (χ2n) is 6.08. The Labute approximate surface area is 126 Å². The van der Waals surface area contributed by atoms with Crippen LogP contribution in [0, 0.1) is 0 Å². The zero-order valence-electron chi connectivity index (χ0n) is 13.4. The summed E-state index contributed by atoms with van der Waals surface area (Å²) in [6.07, 6.45) is 5.43. The molecule has 5 nitrogen and oxygen atoms in total. The minimum absolute atomic E-state index is 0.0530. The molecule has 1 amide bonds. The van der Waals surface area contributed by atoms with Crippen LogP contribution < -0.4 is 0 Å². The molecule has 0 radical (unpaired) electrons. The first kappa shape index (κ1) is 16.0. The highest BCUT2D eigenvalue weighted by molar-refractivity contribution is 5.93. The van der Waals surface area contributed by atoms with Crippen LogP contribution in [0.3, 0.4) is 0 Å². The van der Waals surface area contributed by atoms with E-state index < -0.39 is 0 Å². The molecule has 0 spiro atoms. The lowest BCUT2D eigenvalue weighted by molar-refractivity contribution is 0.0596. The Morgan fingerprint density at radius 3 is 2.86 bits per heavy atom. The smallest absolute Gasteiger partial charge is 0.272 e. The highest BCUT2D eigenvalue weighted by atomic mass is 16.3. The lowest BCUT2D eigenvalue weighted by Crippen LogP contribution is -2.42. The zero-order chi connectivity index (χ0) is 15.4. The van der Waals surface area contributed by atoms with Gasteiger partial charge in [0.2, 0.25) is 0 Å². The van der Waals surface area contributed by atoms with Crippen molar-refractivity contribution in [3.63, 3.8) is 0 Å². The van der Waals surface area contributed by atoms with Crippen molar-refractivity contribution in [3.05, 3.63) is 17.5 Å². The Bertz CT molecular complexity index is 482. The van der Waals surface area contributed by atoms with Gasteiger partial charge in [-0.25, -0.2) is 0 Å². The fraction of sp³-hybridized carbons (Fsp3) is 0.750. The molecule has 118 valence electrons. The molecule has 1 fully saturated rings. The van der Waals surface area contributed by atoms with E-state index in [0.717, 1.165) is 44.3 Å². The van der Waals surface area contributed by atoms with Crippen LogP contribution in [0.15, 0.2) is 6.07 Å². The van der Waals surface area contributed by atoms with Crippen molar-refractivity contribution in [2.45, 2.75) is 64.5 Å². The number of hydrogen-bond donors (Lipinski definition) is 1. The highest BCUT2D eigenvalue weighted by Gasteiger charge is 2.28. The van der Waals surface area contributed by atoms with Crippen molar-refractivity contribution in [2.24, 2.45) is 7.05 Å². The number of aliphatic hydroxyl groups excluding tert-OH is 1. The third-order valence-corrected chi connectivity index (χ3v) is 4.26. The molecule has 1 aromatic heterocycles. The van der Waals surface area contributed by atoms with Crippen molar-refractivity contribution in [1.29, 1.82) is 0 Å². The number of likely N-dealkylation sites (tertiary alicyclic amines) is 1. The van der Waals surface area contributed by atoms with E-state index in [1.54, 1.807) is 11.6 Å². The first-order valence-corrected chi connectivity index (χ1v) is 8.04. The summed E-state index contributed by atoms with van der Waals surface area (Å²) in [5.41, 5.74) is 1.60. The third-order valence-electron chi connectivity index (χ3n) is 4.26. The summed E-state index contributed by atoms with van der Waals surface area (Å²) < 4.78 is 1.69. The van der Waals surface area contributed by atoms with Gasteiger partial charge >= 0.3 is 0 Å². The van der Waals surface area contributed by atoms with Crippen LogP contribution in [0.2, 0.25) is 0 Å².